The van der Waals surface area contributed by atoms with Gasteiger partial charge in [0.1, 0.15) is 11.2 Å². The van der Waals surface area contributed by atoms with Crippen molar-refractivity contribution in [3.05, 3.63) is 68.6 Å². The summed E-state index contributed by atoms with van der Waals surface area (Å²) in [6.07, 6.45) is -0.974. The van der Waals surface area contributed by atoms with E-state index in [9.17, 15) is 18.0 Å². The summed E-state index contributed by atoms with van der Waals surface area (Å²) < 4.78 is 35.9. The van der Waals surface area contributed by atoms with Crippen LogP contribution in [0.5, 0.6) is 0 Å². The van der Waals surface area contributed by atoms with Crippen molar-refractivity contribution in [1.29, 1.82) is 0 Å². The minimum absolute atomic E-state index is 0. The van der Waals surface area contributed by atoms with E-state index in [4.69, 9.17) is 9.47 Å². The third kappa shape index (κ3) is 28.0. The minimum Gasteiger partial charge on any atom is -0.444 e. The first-order valence-corrected chi connectivity index (χ1v) is 17.8. The summed E-state index contributed by atoms with van der Waals surface area (Å²) in [5.41, 5.74) is 0.966. The van der Waals surface area contributed by atoms with Gasteiger partial charge >= 0.3 is 12.2 Å². The molecule has 0 saturated carbocycles. The maximum absolute atomic E-state index is 11.9. The number of amides is 2. The molecule has 0 radical (unpaired) electrons. The van der Waals surface area contributed by atoms with Crippen LogP contribution in [0.2, 0.25) is 0 Å². The summed E-state index contributed by atoms with van der Waals surface area (Å²) in [5.74, 6) is 0.645. The summed E-state index contributed by atoms with van der Waals surface area (Å²) in [5, 5.41) is 5.77. The number of nitrogens with one attached hydrogen (secondary N) is 2. The van der Waals surface area contributed by atoms with Gasteiger partial charge in [0, 0.05) is 33.1 Å². The van der Waals surface area contributed by atoms with Crippen LogP contribution >= 0.6 is 60.4 Å². The number of sulfone groups is 1. The Kier molecular flexibility index (Phi) is 24.8. The van der Waals surface area contributed by atoms with Crippen LogP contribution < -0.4 is 10.6 Å². The highest BCUT2D eigenvalue weighted by Crippen LogP contribution is 2.13. The highest BCUT2D eigenvalue weighted by atomic mass is 79.9. The molecule has 0 aliphatic rings. The van der Waals surface area contributed by atoms with Crippen LogP contribution in [0.25, 0.3) is 0 Å². The number of halogens is 3. The molecule has 0 heterocycles. The Balaban J connectivity index is -0.000000613. The molecule has 0 bridgehead atoms. The van der Waals surface area contributed by atoms with Crippen LogP contribution in [0.15, 0.2) is 57.5 Å². The van der Waals surface area contributed by atoms with Gasteiger partial charge in [0.25, 0.3) is 0 Å². The van der Waals surface area contributed by atoms with Gasteiger partial charge in [0.15, 0.2) is 9.84 Å². The molecule has 0 aromatic heterocycles. The summed E-state index contributed by atoms with van der Waals surface area (Å²) in [4.78, 5) is 22.3. The van der Waals surface area contributed by atoms with Crippen molar-refractivity contribution in [1.82, 2.24) is 10.6 Å². The van der Waals surface area contributed by atoms with E-state index < -0.39 is 27.1 Å². The molecule has 248 valence electrons. The first-order chi connectivity index (χ1) is 18.9. The Hall–Kier alpha value is -1.28. The smallest absolute Gasteiger partial charge is 0.407 e. The summed E-state index contributed by atoms with van der Waals surface area (Å²) in [6.45, 7) is 11.4. The Morgan fingerprint density at radius 2 is 1.12 bits per heavy atom. The van der Waals surface area contributed by atoms with Crippen molar-refractivity contribution in [3.8, 4) is 0 Å². The third-order valence-corrected chi connectivity index (χ3v) is 7.66. The second-order valence-electron chi connectivity index (χ2n) is 10.5. The molecule has 0 fully saturated rings. The number of ether oxygens (including phenoxy) is 2. The van der Waals surface area contributed by atoms with Gasteiger partial charge in [-0.25, -0.2) is 18.0 Å². The number of thiol groups is 1. The van der Waals surface area contributed by atoms with Crippen molar-refractivity contribution in [2.45, 2.75) is 79.1 Å². The van der Waals surface area contributed by atoms with Crippen LogP contribution in [0, 0.1) is 0 Å². The lowest BCUT2D eigenvalue weighted by atomic mass is 10.2. The number of carbonyl (C=O) groups excluding carboxylic acids is 2. The zero-order valence-corrected chi connectivity index (χ0v) is 30.8. The number of hydrogen-bond acceptors (Lipinski definition) is 7. The van der Waals surface area contributed by atoms with Gasteiger partial charge in [-0.2, -0.15) is 12.6 Å². The summed E-state index contributed by atoms with van der Waals surface area (Å²) >= 11 is 14.0. The van der Waals surface area contributed by atoms with E-state index in [2.05, 4.69) is 83.2 Å². The quantitative estimate of drug-likeness (QED) is 0.181. The molecule has 0 saturated heterocycles. The molecular formula is C30H49Br3N2O6S2. The van der Waals surface area contributed by atoms with Gasteiger partial charge in [-0.05, 0) is 76.9 Å². The van der Waals surface area contributed by atoms with E-state index >= 15 is 0 Å². The number of alkyl halides is 1. The molecule has 2 aromatic carbocycles. The highest BCUT2D eigenvalue weighted by molar-refractivity contribution is 9.10. The molecule has 0 unspecified atom stereocenters. The van der Waals surface area contributed by atoms with Crippen molar-refractivity contribution in [2.75, 3.05) is 24.2 Å². The topological polar surface area (TPSA) is 111 Å². The SMILES string of the molecule is C.C.CC(C)(C)OC(=O)NCCBr.CC(C)(C)OC(=O)NCCS(=O)(=O)Cc1ccc(Br)cc1.SCc1ccc(Br)cc1. The number of hydrogen-bond donors (Lipinski definition) is 3. The number of rotatable bonds is 8. The standard InChI is InChI=1S/C14H20BrNO4S.C7H14BrNO2.C7H7BrS.2CH4/c1-14(2,3)20-13(17)16-8-9-21(18,19)10-11-4-6-12(15)7-5-11;1-7(2,3)11-6(10)9-5-4-8;8-7-3-1-6(5-9)2-4-7;;/h4-7H,8-10H2,1-3H3,(H,16,17);4-5H2,1-3H3,(H,9,10);1-4,9H,5H2;2*1H4. The fraction of sp³-hybridized carbons (Fsp3) is 0.533. The largest absolute Gasteiger partial charge is 0.444 e. The van der Waals surface area contributed by atoms with E-state index in [0.29, 0.717) is 6.54 Å². The van der Waals surface area contributed by atoms with E-state index in [0.717, 1.165) is 25.6 Å². The highest BCUT2D eigenvalue weighted by Gasteiger charge is 2.17. The molecule has 43 heavy (non-hydrogen) atoms. The lowest BCUT2D eigenvalue weighted by molar-refractivity contribution is 0.0519. The normalized spacial score (nSPS) is 10.7. The third-order valence-electron chi connectivity index (χ3n) is 4.24. The van der Waals surface area contributed by atoms with Crippen molar-refractivity contribution < 1.29 is 27.5 Å². The van der Waals surface area contributed by atoms with E-state index in [1.807, 2.05) is 32.9 Å². The van der Waals surface area contributed by atoms with Crippen molar-refractivity contribution >= 4 is 82.4 Å². The van der Waals surface area contributed by atoms with E-state index in [1.165, 1.54) is 5.56 Å². The van der Waals surface area contributed by atoms with Crippen molar-refractivity contribution in [2.24, 2.45) is 0 Å². The van der Waals surface area contributed by atoms with Gasteiger partial charge in [0.2, 0.25) is 0 Å². The lowest BCUT2D eigenvalue weighted by Crippen LogP contribution is -2.35. The monoisotopic (exact) mass is 834 g/mol. The minimum atomic E-state index is -3.27. The van der Waals surface area contributed by atoms with Gasteiger partial charge in [-0.15, -0.1) is 0 Å². The fourth-order valence-corrected chi connectivity index (χ4v) is 4.78. The average Bonchev–Trinajstić information content (AvgIpc) is 2.83. The van der Waals surface area contributed by atoms with Crippen LogP contribution in [-0.2, 0) is 30.8 Å². The number of alkyl carbamates (subject to hydrolysis) is 2. The second kappa shape index (κ2) is 23.1. The molecule has 0 spiro atoms. The predicted molar refractivity (Wildman–Crippen MR) is 194 cm³/mol. The molecule has 0 atom stereocenters. The van der Waals surface area contributed by atoms with Gasteiger partial charge in [-0.1, -0.05) is 86.9 Å². The number of benzene rings is 2. The first-order valence-electron chi connectivity index (χ1n) is 12.7. The van der Waals surface area contributed by atoms with Crippen LogP contribution in [0.3, 0.4) is 0 Å². The zero-order valence-electron chi connectivity index (χ0n) is 24.3. The lowest BCUT2D eigenvalue weighted by Gasteiger charge is -2.19. The Morgan fingerprint density at radius 3 is 1.47 bits per heavy atom. The fourth-order valence-electron chi connectivity index (χ4n) is 2.58. The van der Waals surface area contributed by atoms with Gasteiger partial charge in [-0.3, -0.25) is 0 Å². The molecule has 2 rings (SSSR count). The van der Waals surface area contributed by atoms with Crippen LogP contribution in [0.4, 0.5) is 9.59 Å². The second-order valence-corrected chi connectivity index (χ2v) is 15.7. The predicted octanol–water partition coefficient (Wildman–Crippen LogP) is 8.95. The first kappa shape index (κ1) is 46.1. The van der Waals surface area contributed by atoms with Crippen LogP contribution in [-0.4, -0.2) is 56.0 Å². The number of carbonyl (C=O) groups is 2. The Bertz CT molecular complexity index is 1150. The Labute approximate surface area is 290 Å². The van der Waals surface area contributed by atoms with Gasteiger partial charge < -0.3 is 20.1 Å². The molecule has 2 aromatic rings. The molecule has 8 nitrogen and oxygen atoms in total. The average molecular weight is 838 g/mol. The maximum atomic E-state index is 11.9. The maximum Gasteiger partial charge on any atom is 0.407 e. The molecule has 13 heteroatoms. The molecular weight excluding hydrogens is 788 g/mol. The molecule has 0 aliphatic carbocycles. The van der Waals surface area contributed by atoms with Crippen molar-refractivity contribution in [3.63, 3.8) is 0 Å². The van der Waals surface area contributed by atoms with Crippen LogP contribution in [0.1, 0.15) is 67.5 Å². The Morgan fingerprint density at radius 1 is 0.744 bits per heavy atom. The van der Waals surface area contributed by atoms with Gasteiger partial charge in [0.05, 0.1) is 11.5 Å². The summed E-state index contributed by atoms with van der Waals surface area (Å²) in [7, 11) is -3.27. The zero-order chi connectivity index (χ0) is 31.7. The summed E-state index contributed by atoms with van der Waals surface area (Å²) in [6, 6.07) is 15.2. The molecule has 2 amide bonds. The van der Waals surface area contributed by atoms with E-state index in [-0.39, 0.29) is 39.0 Å². The molecule has 0 aliphatic heterocycles. The van der Waals surface area contributed by atoms with E-state index in [1.54, 1.807) is 45.0 Å². The molecule has 2 N–H and O–H groups in total.